The number of aromatic nitrogens is 4. The van der Waals surface area contributed by atoms with Gasteiger partial charge in [0.1, 0.15) is 17.9 Å². The smallest absolute Gasteiger partial charge is 0.163 e. The molecule has 0 saturated heterocycles. The Balaban J connectivity index is 1.94. The maximum absolute atomic E-state index is 5.44. The molecule has 0 radical (unpaired) electrons. The molecule has 3 rings (SSSR count). The van der Waals surface area contributed by atoms with E-state index in [-0.39, 0.29) is 0 Å². The van der Waals surface area contributed by atoms with Gasteiger partial charge >= 0.3 is 0 Å². The summed E-state index contributed by atoms with van der Waals surface area (Å²) in [5.41, 5.74) is 2.67. The van der Waals surface area contributed by atoms with Crippen molar-refractivity contribution in [3.05, 3.63) is 36.3 Å². The van der Waals surface area contributed by atoms with Crippen LogP contribution in [0.2, 0.25) is 0 Å². The Labute approximate surface area is 122 Å². The van der Waals surface area contributed by atoms with Gasteiger partial charge < -0.3 is 10.1 Å². The second-order valence-electron chi connectivity index (χ2n) is 4.71. The van der Waals surface area contributed by atoms with Crippen LogP contribution in [0.15, 0.2) is 30.6 Å². The number of anilines is 2. The molecule has 0 saturated carbocycles. The number of benzene rings is 1. The zero-order chi connectivity index (χ0) is 14.8. The number of rotatable bonds is 4. The largest absolute Gasteiger partial charge is 0.494 e. The fourth-order valence-electron chi connectivity index (χ4n) is 2.31. The van der Waals surface area contributed by atoms with Gasteiger partial charge in [0, 0.05) is 12.7 Å². The highest BCUT2D eigenvalue weighted by Gasteiger charge is 2.12. The molecule has 1 aromatic carbocycles. The Bertz CT molecular complexity index is 764. The second kappa shape index (κ2) is 5.40. The van der Waals surface area contributed by atoms with Gasteiger partial charge in [-0.3, -0.25) is 4.68 Å². The number of nitrogens with one attached hydrogen (secondary N) is 1. The summed E-state index contributed by atoms with van der Waals surface area (Å²) in [6.07, 6.45) is 1.54. The highest BCUT2D eigenvalue weighted by atomic mass is 16.5. The van der Waals surface area contributed by atoms with Crippen molar-refractivity contribution in [3.8, 4) is 5.75 Å². The number of aryl methyl sites for hydroxylation is 2. The van der Waals surface area contributed by atoms with Gasteiger partial charge in [-0.15, -0.1) is 0 Å². The van der Waals surface area contributed by atoms with Crippen LogP contribution in [0.1, 0.15) is 12.6 Å². The average Bonchev–Trinajstić information content (AvgIpc) is 2.78. The Morgan fingerprint density at radius 1 is 1.19 bits per heavy atom. The molecule has 0 unspecified atom stereocenters. The van der Waals surface area contributed by atoms with Crippen LogP contribution in [0, 0.1) is 6.92 Å². The summed E-state index contributed by atoms with van der Waals surface area (Å²) < 4.78 is 7.20. The number of hydrogen-bond acceptors (Lipinski definition) is 5. The van der Waals surface area contributed by atoms with Crippen LogP contribution >= 0.6 is 0 Å². The van der Waals surface area contributed by atoms with E-state index in [1.807, 2.05) is 45.2 Å². The maximum Gasteiger partial charge on any atom is 0.163 e. The van der Waals surface area contributed by atoms with Crippen LogP contribution in [0.3, 0.4) is 0 Å². The summed E-state index contributed by atoms with van der Waals surface area (Å²) in [4.78, 5) is 8.60. The Morgan fingerprint density at radius 3 is 2.67 bits per heavy atom. The summed E-state index contributed by atoms with van der Waals surface area (Å²) in [5.74, 6) is 1.61. The summed E-state index contributed by atoms with van der Waals surface area (Å²) in [6.45, 7) is 4.58. The molecule has 0 fully saturated rings. The van der Waals surface area contributed by atoms with Crippen molar-refractivity contribution >= 4 is 22.5 Å². The summed E-state index contributed by atoms with van der Waals surface area (Å²) in [5, 5.41) is 8.63. The fourth-order valence-corrected chi connectivity index (χ4v) is 2.31. The third kappa shape index (κ3) is 2.52. The van der Waals surface area contributed by atoms with Gasteiger partial charge in [0.05, 0.1) is 17.7 Å². The van der Waals surface area contributed by atoms with Crippen LogP contribution < -0.4 is 10.1 Å². The van der Waals surface area contributed by atoms with E-state index in [2.05, 4.69) is 20.4 Å². The monoisotopic (exact) mass is 283 g/mol. The van der Waals surface area contributed by atoms with Gasteiger partial charge in [-0.1, -0.05) is 0 Å². The molecule has 0 aliphatic carbocycles. The molecule has 21 heavy (non-hydrogen) atoms. The predicted molar refractivity (Wildman–Crippen MR) is 81.9 cm³/mol. The lowest BCUT2D eigenvalue weighted by Gasteiger charge is -2.08. The lowest BCUT2D eigenvalue weighted by Crippen LogP contribution is -1.97. The van der Waals surface area contributed by atoms with Crippen molar-refractivity contribution < 1.29 is 4.74 Å². The Hall–Kier alpha value is -2.63. The second-order valence-corrected chi connectivity index (χ2v) is 4.71. The lowest BCUT2D eigenvalue weighted by molar-refractivity contribution is 0.340. The molecule has 0 bridgehead atoms. The molecule has 0 aliphatic rings. The molecular weight excluding hydrogens is 266 g/mol. The van der Waals surface area contributed by atoms with Crippen molar-refractivity contribution in [1.82, 2.24) is 19.7 Å². The third-order valence-corrected chi connectivity index (χ3v) is 3.22. The van der Waals surface area contributed by atoms with Crippen molar-refractivity contribution in [1.29, 1.82) is 0 Å². The molecule has 3 aromatic rings. The van der Waals surface area contributed by atoms with E-state index < -0.39 is 0 Å². The van der Waals surface area contributed by atoms with E-state index in [4.69, 9.17) is 4.74 Å². The van der Waals surface area contributed by atoms with Crippen LogP contribution in [-0.4, -0.2) is 26.4 Å². The Morgan fingerprint density at radius 2 is 1.95 bits per heavy atom. The Kier molecular flexibility index (Phi) is 3.43. The third-order valence-electron chi connectivity index (χ3n) is 3.22. The number of ether oxygens (including phenoxy) is 1. The lowest BCUT2D eigenvalue weighted by atomic mass is 10.2. The van der Waals surface area contributed by atoms with Gasteiger partial charge in [0.2, 0.25) is 0 Å². The summed E-state index contributed by atoms with van der Waals surface area (Å²) >= 11 is 0. The van der Waals surface area contributed by atoms with Gasteiger partial charge in [0.15, 0.2) is 5.65 Å². The van der Waals surface area contributed by atoms with E-state index in [1.54, 1.807) is 11.0 Å². The van der Waals surface area contributed by atoms with Gasteiger partial charge in [-0.05, 0) is 38.1 Å². The fraction of sp³-hybridized carbons (Fsp3) is 0.267. The number of nitrogens with zero attached hydrogens (tertiary/aromatic N) is 4. The molecule has 6 heteroatoms. The average molecular weight is 283 g/mol. The van der Waals surface area contributed by atoms with Crippen LogP contribution in [-0.2, 0) is 7.05 Å². The molecule has 108 valence electrons. The first-order chi connectivity index (χ1) is 10.2. The minimum atomic E-state index is 0.661. The quantitative estimate of drug-likeness (QED) is 0.797. The van der Waals surface area contributed by atoms with Gasteiger partial charge in [0.25, 0.3) is 0 Å². The topological polar surface area (TPSA) is 64.9 Å². The molecule has 0 spiro atoms. The minimum Gasteiger partial charge on any atom is -0.494 e. The first kappa shape index (κ1) is 13.4. The van der Waals surface area contributed by atoms with Crippen molar-refractivity contribution in [2.75, 3.05) is 11.9 Å². The molecule has 6 nitrogen and oxygen atoms in total. The molecule has 0 amide bonds. The number of hydrogen-bond donors (Lipinski definition) is 1. The molecule has 0 aliphatic heterocycles. The van der Waals surface area contributed by atoms with E-state index >= 15 is 0 Å². The van der Waals surface area contributed by atoms with E-state index in [9.17, 15) is 0 Å². The standard InChI is InChI=1S/C15H17N5O/c1-4-21-12-7-5-11(6-8-12)18-14-13-10(2)19-20(3)15(13)17-9-16-14/h5-9H,4H2,1-3H3,(H,16,17,18). The van der Waals surface area contributed by atoms with Crippen LogP contribution in [0.25, 0.3) is 11.0 Å². The zero-order valence-corrected chi connectivity index (χ0v) is 12.3. The minimum absolute atomic E-state index is 0.661. The molecule has 2 heterocycles. The van der Waals surface area contributed by atoms with Crippen molar-refractivity contribution in [2.45, 2.75) is 13.8 Å². The predicted octanol–water partition coefficient (Wildman–Crippen LogP) is 2.81. The summed E-state index contributed by atoms with van der Waals surface area (Å²) in [6, 6.07) is 7.79. The van der Waals surface area contributed by atoms with Gasteiger partial charge in [-0.2, -0.15) is 5.10 Å². The molecule has 0 atom stereocenters. The first-order valence-electron chi connectivity index (χ1n) is 6.83. The normalized spacial score (nSPS) is 10.8. The van der Waals surface area contributed by atoms with E-state index in [0.717, 1.165) is 34.0 Å². The highest BCUT2D eigenvalue weighted by molar-refractivity contribution is 5.90. The zero-order valence-electron chi connectivity index (χ0n) is 12.3. The first-order valence-corrected chi connectivity index (χ1v) is 6.83. The van der Waals surface area contributed by atoms with Crippen LogP contribution in [0.5, 0.6) is 5.75 Å². The maximum atomic E-state index is 5.44. The highest BCUT2D eigenvalue weighted by Crippen LogP contribution is 2.26. The summed E-state index contributed by atoms with van der Waals surface area (Å²) in [7, 11) is 1.88. The SMILES string of the molecule is CCOc1ccc(Nc2ncnc3c2c(C)nn3C)cc1. The van der Waals surface area contributed by atoms with Crippen molar-refractivity contribution in [2.24, 2.45) is 7.05 Å². The van der Waals surface area contributed by atoms with Crippen molar-refractivity contribution in [3.63, 3.8) is 0 Å². The van der Waals surface area contributed by atoms with Gasteiger partial charge in [-0.25, -0.2) is 9.97 Å². The molecule has 1 N–H and O–H groups in total. The molecular formula is C15H17N5O. The van der Waals surface area contributed by atoms with E-state index in [0.29, 0.717) is 6.61 Å². The van der Waals surface area contributed by atoms with E-state index in [1.165, 1.54) is 0 Å². The number of fused-ring (bicyclic) bond motifs is 1. The van der Waals surface area contributed by atoms with Crippen LogP contribution in [0.4, 0.5) is 11.5 Å². The molecule has 2 aromatic heterocycles.